The lowest BCUT2D eigenvalue weighted by Crippen LogP contribution is -2.17. The average molecular weight is 362 g/mol. The Hall–Kier alpha value is -3.14. The molecule has 0 aliphatic heterocycles. The third-order valence-corrected chi connectivity index (χ3v) is 4.16. The van der Waals surface area contributed by atoms with Gasteiger partial charge in [-0.15, -0.1) is 0 Å². The van der Waals surface area contributed by atoms with E-state index in [9.17, 15) is 24.5 Å². The van der Waals surface area contributed by atoms with Gasteiger partial charge in [0.2, 0.25) is 5.91 Å². The number of ketones is 1. The molecule has 0 spiro atoms. The molecule has 1 aromatic carbocycles. The lowest BCUT2D eigenvalue weighted by atomic mass is 10.1. The van der Waals surface area contributed by atoms with Crippen molar-refractivity contribution in [3.8, 4) is 0 Å². The van der Waals surface area contributed by atoms with Gasteiger partial charge in [0, 0.05) is 12.5 Å². The molecule has 0 bridgehead atoms. The quantitative estimate of drug-likeness (QED) is 0.477. The van der Waals surface area contributed by atoms with Crippen LogP contribution in [0.25, 0.3) is 0 Å². The number of anilines is 2. The monoisotopic (exact) mass is 362 g/mol. The first-order valence-electron chi connectivity index (χ1n) is 7.04. The molecule has 2 rings (SSSR count). The Balaban J connectivity index is 2.34. The molecule has 0 saturated carbocycles. The maximum atomic E-state index is 12.4. The van der Waals surface area contributed by atoms with E-state index in [0.29, 0.717) is 5.56 Å². The van der Waals surface area contributed by atoms with Crippen LogP contribution in [-0.4, -0.2) is 27.5 Å². The number of benzene rings is 1. The molecule has 2 aromatic rings. The van der Waals surface area contributed by atoms with Crippen molar-refractivity contribution in [1.82, 2.24) is 4.98 Å². The van der Waals surface area contributed by atoms with Gasteiger partial charge in [0.25, 0.3) is 5.91 Å². The van der Waals surface area contributed by atoms with E-state index in [1.54, 1.807) is 0 Å². The Morgan fingerprint density at radius 2 is 1.88 bits per heavy atom. The van der Waals surface area contributed by atoms with Gasteiger partial charge >= 0.3 is 5.00 Å². The van der Waals surface area contributed by atoms with Gasteiger partial charge in [0.15, 0.2) is 10.9 Å². The molecule has 0 unspecified atom stereocenters. The number of carbonyl (C=O) groups is 3. The summed E-state index contributed by atoms with van der Waals surface area (Å²) in [5, 5.41) is 15.7. The third-order valence-electron chi connectivity index (χ3n) is 3.14. The number of carbonyl (C=O) groups excluding carboxylic acids is 3. The number of hydrogen-bond acceptors (Lipinski definition) is 7. The first kappa shape index (κ1) is 18.2. The summed E-state index contributed by atoms with van der Waals surface area (Å²) in [6.45, 7) is 4.11. The fourth-order valence-electron chi connectivity index (χ4n) is 2.03. The van der Waals surface area contributed by atoms with Gasteiger partial charge in [0.05, 0.1) is 16.2 Å². The van der Waals surface area contributed by atoms with Crippen LogP contribution in [0.1, 0.15) is 40.3 Å². The van der Waals surface area contributed by atoms with Crippen molar-refractivity contribution in [2.24, 2.45) is 0 Å². The Morgan fingerprint density at radius 1 is 1.20 bits per heavy atom. The van der Waals surface area contributed by atoms with E-state index in [1.165, 1.54) is 39.0 Å². The summed E-state index contributed by atoms with van der Waals surface area (Å²) in [7, 11) is 0. The van der Waals surface area contributed by atoms with Crippen LogP contribution in [0, 0.1) is 17.0 Å². The molecule has 10 heteroatoms. The minimum atomic E-state index is -0.609. The van der Waals surface area contributed by atoms with Gasteiger partial charge in [-0.25, -0.2) is 4.98 Å². The van der Waals surface area contributed by atoms with Crippen LogP contribution in [-0.2, 0) is 4.79 Å². The van der Waals surface area contributed by atoms with Crippen molar-refractivity contribution in [3.63, 3.8) is 0 Å². The number of nitrogens with one attached hydrogen (secondary N) is 2. The summed E-state index contributed by atoms with van der Waals surface area (Å²) >= 11 is 0.735. The van der Waals surface area contributed by atoms with Crippen molar-refractivity contribution in [3.05, 3.63) is 45.1 Å². The summed E-state index contributed by atoms with van der Waals surface area (Å²) in [4.78, 5) is 49.5. The number of aromatic nitrogens is 1. The molecule has 2 N–H and O–H groups in total. The minimum absolute atomic E-state index is 0.0682. The largest absolute Gasteiger partial charge is 0.348 e. The Kier molecular flexibility index (Phi) is 5.22. The number of Topliss-reactive ketones (excluding diaryl/α,β-unsaturated/α-hetero) is 1. The summed E-state index contributed by atoms with van der Waals surface area (Å²) in [6.07, 6.45) is 0. The second kappa shape index (κ2) is 7.18. The van der Waals surface area contributed by atoms with Crippen LogP contribution in [0.15, 0.2) is 18.2 Å². The van der Waals surface area contributed by atoms with Crippen LogP contribution in [0.4, 0.5) is 15.8 Å². The Morgan fingerprint density at radius 3 is 2.40 bits per heavy atom. The molecule has 0 fully saturated rings. The molecular weight excluding hydrogens is 348 g/mol. The summed E-state index contributed by atoms with van der Waals surface area (Å²) < 4.78 is 0. The van der Waals surface area contributed by atoms with E-state index in [4.69, 9.17) is 0 Å². The zero-order valence-corrected chi connectivity index (χ0v) is 14.4. The van der Waals surface area contributed by atoms with Gasteiger partial charge in [-0.3, -0.25) is 29.8 Å². The molecule has 0 aliphatic rings. The van der Waals surface area contributed by atoms with E-state index in [0.717, 1.165) is 11.3 Å². The summed E-state index contributed by atoms with van der Waals surface area (Å²) in [5.41, 5.74) is 0.802. The smallest absolute Gasteiger partial charge is 0.326 e. The average Bonchev–Trinajstić information content (AvgIpc) is 2.87. The van der Waals surface area contributed by atoms with E-state index < -0.39 is 16.7 Å². The molecule has 25 heavy (non-hydrogen) atoms. The summed E-state index contributed by atoms with van der Waals surface area (Å²) in [5.74, 6) is -1.23. The zero-order chi connectivity index (χ0) is 18.7. The lowest BCUT2D eigenvalue weighted by Gasteiger charge is -2.10. The van der Waals surface area contributed by atoms with Gasteiger partial charge in [-0.2, -0.15) is 0 Å². The number of nitrogens with zero attached hydrogens (tertiary/aromatic N) is 2. The van der Waals surface area contributed by atoms with Crippen molar-refractivity contribution in [2.75, 3.05) is 10.6 Å². The fraction of sp³-hybridized carbons (Fsp3) is 0.200. The standard InChI is InChI=1S/C15H14N4O5S/c1-7-14(19(23)24)25-15(16-7)18-13(22)11-5-4-10(8(2)20)6-12(11)17-9(3)21/h4-6H,1-3H3,(H,17,21)(H,16,18,22). The second-order valence-electron chi connectivity index (χ2n) is 5.12. The van der Waals surface area contributed by atoms with E-state index in [1.807, 2.05) is 0 Å². The van der Waals surface area contributed by atoms with Crippen LogP contribution in [0.5, 0.6) is 0 Å². The van der Waals surface area contributed by atoms with Gasteiger partial charge in [0.1, 0.15) is 5.69 Å². The number of rotatable bonds is 5. The lowest BCUT2D eigenvalue weighted by molar-refractivity contribution is -0.380. The number of amides is 2. The zero-order valence-electron chi connectivity index (χ0n) is 13.6. The van der Waals surface area contributed by atoms with Gasteiger partial charge in [-0.1, -0.05) is 6.07 Å². The predicted octanol–water partition coefficient (Wildman–Crippen LogP) is 2.77. The number of thiazole rings is 1. The number of nitro groups is 1. The maximum Gasteiger partial charge on any atom is 0.348 e. The second-order valence-corrected chi connectivity index (χ2v) is 6.10. The number of hydrogen-bond donors (Lipinski definition) is 2. The molecule has 1 heterocycles. The highest BCUT2D eigenvalue weighted by Gasteiger charge is 2.21. The van der Waals surface area contributed by atoms with E-state index >= 15 is 0 Å². The fourth-order valence-corrected chi connectivity index (χ4v) is 2.81. The van der Waals surface area contributed by atoms with Crippen molar-refractivity contribution < 1.29 is 19.3 Å². The molecule has 130 valence electrons. The number of aryl methyl sites for hydroxylation is 1. The third kappa shape index (κ3) is 4.23. The van der Waals surface area contributed by atoms with Gasteiger partial charge in [-0.05, 0) is 37.3 Å². The molecule has 0 saturated heterocycles. The Bertz CT molecular complexity index is 890. The highest BCUT2D eigenvalue weighted by molar-refractivity contribution is 7.19. The molecule has 0 atom stereocenters. The van der Waals surface area contributed by atoms with Crippen molar-refractivity contribution in [2.45, 2.75) is 20.8 Å². The van der Waals surface area contributed by atoms with Gasteiger partial charge < -0.3 is 5.32 Å². The topological polar surface area (TPSA) is 131 Å². The van der Waals surface area contributed by atoms with Crippen LogP contribution in [0.2, 0.25) is 0 Å². The van der Waals surface area contributed by atoms with Crippen LogP contribution >= 0.6 is 11.3 Å². The van der Waals surface area contributed by atoms with Crippen molar-refractivity contribution >= 4 is 44.8 Å². The molecule has 9 nitrogen and oxygen atoms in total. The molecule has 0 radical (unpaired) electrons. The van der Waals surface area contributed by atoms with Crippen LogP contribution in [0.3, 0.4) is 0 Å². The molecular formula is C15H14N4O5S. The first-order valence-corrected chi connectivity index (χ1v) is 7.86. The summed E-state index contributed by atoms with van der Waals surface area (Å²) in [6, 6.07) is 4.25. The molecule has 0 aliphatic carbocycles. The SMILES string of the molecule is CC(=O)Nc1cc(C(C)=O)ccc1C(=O)Nc1nc(C)c([N+](=O)[O-])s1. The highest BCUT2D eigenvalue weighted by Crippen LogP contribution is 2.30. The Labute approximate surface area is 146 Å². The normalized spacial score (nSPS) is 10.2. The molecule has 2 amide bonds. The highest BCUT2D eigenvalue weighted by atomic mass is 32.1. The van der Waals surface area contributed by atoms with E-state index in [-0.39, 0.29) is 32.9 Å². The predicted molar refractivity (Wildman–Crippen MR) is 92.2 cm³/mol. The molecule has 1 aromatic heterocycles. The first-order chi connectivity index (χ1) is 11.7. The van der Waals surface area contributed by atoms with E-state index in [2.05, 4.69) is 15.6 Å². The van der Waals surface area contributed by atoms with Crippen molar-refractivity contribution in [1.29, 1.82) is 0 Å². The van der Waals surface area contributed by atoms with Crippen LogP contribution < -0.4 is 10.6 Å². The maximum absolute atomic E-state index is 12.4. The minimum Gasteiger partial charge on any atom is -0.326 e.